The minimum Gasteiger partial charge on any atom is -0.393 e. The largest absolute Gasteiger partial charge is 0.393 e. The smallest absolute Gasteiger partial charge is 0.175 e. The molecule has 6 heteroatoms. The number of nitriles is 1. The number of aliphatic hydroxyl groups is 1. The molecule has 0 aromatic heterocycles. The molecule has 0 radical (unpaired) electrons. The van der Waals surface area contributed by atoms with E-state index in [9.17, 15) is 18.8 Å². The maximum absolute atomic E-state index is 11.7. The molecule has 2 aromatic carbocycles. The monoisotopic (exact) mass is 534 g/mol. The first-order valence-corrected chi connectivity index (χ1v) is 16.4. The first-order chi connectivity index (χ1) is 18.3. The average molecular weight is 535 g/mol. The summed E-state index contributed by atoms with van der Waals surface area (Å²) in [6, 6.07) is 20.4. The molecule has 1 aliphatic heterocycles. The number of sulfone groups is 1. The Labute approximate surface area is 228 Å². The van der Waals surface area contributed by atoms with Crippen molar-refractivity contribution in [1.82, 2.24) is 0 Å². The van der Waals surface area contributed by atoms with Crippen LogP contribution >= 0.6 is 0 Å². The van der Waals surface area contributed by atoms with Gasteiger partial charge in [-0.3, -0.25) is 0 Å². The van der Waals surface area contributed by atoms with Crippen molar-refractivity contribution in [2.45, 2.75) is 80.6 Å². The molecule has 38 heavy (non-hydrogen) atoms. The first-order valence-electron chi connectivity index (χ1n) is 14.5. The fraction of sp³-hybridized carbons (Fsp3) is 0.594. The van der Waals surface area contributed by atoms with E-state index in [4.69, 9.17) is 0 Å². The van der Waals surface area contributed by atoms with E-state index in [0.717, 1.165) is 62.4 Å². The number of hydrogen-bond acceptors (Lipinski definition) is 5. The summed E-state index contributed by atoms with van der Waals surface area (Å²) in [6.45, 7) is 2.10. The molecule has 3 fully saturated rings. The number of hydrogen-bond donors (Lipinski definition) is 1. The highest BCUT2D eigenvalue weighted by Crippen LogP contribution is 2.52. The molecule has 204 valence electrons. The molecule has 2 aromatic rings. The van der Waals surface area contributed by atoms with Gasteiger partial charge in [-0.1, -0.05) is 62.4 Å². The molecule has 0 spiro atoms. The van der Waals surface area contributed by atoms with Gasteiger partial charge in [-0.25, -0.2) is 8.42 Å². The molecule has 3 atom stereocenters. The van der Waals surface area contributed by atoms with Crippen LogP contribution in [0.2, 0.25) is 0 Å². The normalized spacial score (nSPS) is 27.9. The lowest BCUT2D eigenvalue weighted by atomic mass is 9.57. The Balaban J connectivity index is 1.10. The molecule has 2 saturated carbocycles. The van der Waals surface area contributed by atoms with E-state index in [-0.39, 0.29) is 12.0 Å². The van der Waals surface area contributed by atoms with Crippen molar-refractivity contribution in [2.75, 3.05) is 24.2 Å². The van der Waals surface area contributed by atoms with Crippen LogP contribution in [0, 0.1) is 35.0 Å². The Morgan fingerprint density at radius 1 is 0.921 bits per heavy atom. The second-order valence-corrected chi connectivity index (χ2v) is 14.2. The predicted molar refractivity (Wildman–Crippen MR) is 152 cm³/mol. The lowest BCUT2D eigenvalue weighted by molar-refractivity contribution is 0.0589. The maximum atomic E-state index is 11.7. The van der Waals surface area contributed by atoms with Crippen LogP contribution < -0.4 is 4.90 Å². The summed E-state index contributed by atoms with van der Waals surface area (Å²) in [4.78, 5) is 2.72. The Bertz CT molecular complexity index is 1210. The van der Waals surface area contributed by atoms with Gasteiger partial charge < -0.3 is 10.0 Å². The van der Waals surface area contributed by atoms with Gasteiger partial charge in [0, 0.05) is 31.0 Å². The first kappa shape index (κ1) is 27.2. The molecule has 1 heterocycles. The summed E-state index contributed by atoms with van der Waals surface area (Å²) in [6.07, 6.45) is 12.0. The molecular formula is C32H42N2O3S. The summed E-state index contributed by atoms with van der Waals surface area (Å²) in [7, 11) is -3.15. The summed E-state index contributed by atoms with van der Waals surface area (Å²) < 4.78 is 23.4. The topological polar surface area (TPSA) is 81.4 Å². The van der Waals surface area contributed by atoms with Crippen molar-refractivity contribution in [3.63, 3.8) is 0 Å². The van der Waals surface area contributed by atoms with Gasteiger partial charge in [0.1, 0.15) is 0 Å². The lowest BCUT2D eigenvalue weighted by Crippen LogP contribution is -2.46. The summed E-state index contributed by atoms with van der Waals surface area (Å²) in [5.74, 6) is 1.82. The van der Waals surface area contributed by atoms with Gasteiger partial charge in [-0.2, -0.15) is 5.26 Å². The molecule has 1 saturated heterocycles. The summed E-state index contributed by atoms with van der Waals surface area (Å²) >= 11 is 0. The van der Waals surface area contributed by atoms with E-state index in [2.05, 4.69) is 23.1 Å². The van der Waals surface area contributed by atoms with Gasteiger partial charge in [-0.05, 0) is 79.7 Å². The van der Waals surface area contributed by atoms with Crippen molar-refractivity contribution >= 4 is 15.5 Å². The van der Waals surface area contributed by atoms with Crippen molar-refractivity contribution < 1.29 is 13.5 Å². The highest BCUT2D eigenvalue weighted by atomic mass is 32.2. The second kappa shape index (κ2) is 11.4. The van der Waals surface area contributed by atoms with Crippen LogP contribution in [0.3, 0.4) is 0 Å². The van der Waals surface area contributed by atoms with Gasteiger partial charge in [0.25, 0.3) is 0 Å². The Kier molecular flexibility index (Phi) is 8.16. The van der Waals surface area contributed by atoms with Crippen LogP contribution in [-0.2, 0) is 15.3 Å². The SMILES string of the molecule is CS(=O)(=O)c1ccc(N2CC(CCCC3CCC(C(C#N)(c4ccccc4)[C@@H]4CCC[C@H]4O)CC3)C2)cc1. The van der Waals surface area contributed by atoms with E-state index < -0.39 is 15.3 Å². The van der Waals surface area contributed by atoms with Gasteiger partial charge >= 0.3 is 0 Å². The van der Waals surface area contributed by atoms with E-state index in [1.165, 1.54) is 38.4 Å². The number of anilines is 1. The highest BCUT2D eigenvalue weighted by Gasteiger charge is 2.51. The van der Waals surface area contributed by atoms with Crippen molar-refractivity contribution in [2.24, 2.45) is 23.7 Å². The van der Waals surface area contributed by atoms with E-state index >= 15 is 0 Å². The van der Waals surface area contributed by atoms with E-state index in [1.54, 1.807) is 12.1 Å². The van der Waals surface area contributed by atoms with Crippen LogP contribution in [0.15, 0.2) is 59.5 Å². The molecule has 5 rings (SSSR count). The third-order valence-electron chi connectivity index (χ3n) is 9.80. The molecule has 1 N–H and O–H groups in total. The van der Waals surface area contributed by atoms with Crippen molar-refractivity contribution in [3.05, 3.63) is 60.2 Å². The molecule has 2 aliphatic carbocycles. The minimum atomic E-state index is -3.15. The van der Waals surface area contributed by atoms with Gasteiger partial charge in [0.15, 0.2) is 9.84 Å². The van der Waals surface area contributed by atoms with E-state index in [1.807, 2.05) is 30.3 Å². The molecule has 0 amide bonds. The molecule has 5 nitrogen and oxygen atoms in total. The molecular weight excluding hydrogens is 492 g/mol. The van der Waals surface area contributed by atoms with Gasteiger partial charge in [-0.15, -0.1) is 0 Å². The maximum Gasteiger partial charge on any atom is 0.175 e. The molecule has 0 bridgehead atoms. The zero-order valence-corrected chi connectivity index (χ0v) is 23.5. The van der Waals surface area contributed by atoms with Crippen molar-refractivity contribution in [1.29, 1.82) is 5.26 Å². The average Bonchev–Trinajstić information content (AvgIpc) is 3.33. The number of benzene rings is 2. The number of nitrogens with zero attached hydrogens (tertiary/aromatic N) is 2. The van der Waals surface area contributed by atoms with Crippen LogP contribution in [-0.4, -0.2) is 39.0 Å². The fourth-order valence-electron chi connectivity index (χ4n) is 7.65. The third-order valence-corrected chi connectivity index (χ3v) is 10.9. The molecule has 3 aliphatic rings. The van der Waals surface area contributed by atoms with Crippen LogP contribution in [0.5, 0.6) is 0 Å². The predicted octanol–water partition coefficient (Wildman–Crippen LogP) is 6.13. The van der Waals surface area contributed by atoms with Crippen LogP contribution in [0.25, 0.3) is 0 Å². The fourth-order valence-corrected chi connectivity index (χ4v) is 8.28. The van der Waals surface area contributed by atoms with Crippen LogP contribution in [0.1, 0.15) is 69.8 Å². The Hall–Kier alpha value is -2.36. The zero-order chi connectivity index (χ0) is 26.8. The highest BCUT2D eigenvalue weighted by molar-refractivity contribution is 7.90. The quantitative estimate of drug-likeness (QED) is 0.419. The standard InChI is InChI=1S/C32H42N2O3S/c1-38(36,37)29-19-17-28(18-20-29)34-21-25(22-34)8-5-7-24-13-15-27(16-14-24)32(23-33,26-9-3-2-4-10-26)30-11-6-12-31(30)35/h2-4,9-10,17-20,24-25,27,30-31,35H,5-8,11-16,21-22H2,1H3/t24?,27?,30-,31-,32?/m1/s1. The van der Waals surface area contributed by atoms with Crippen LogP contribution in [0.4, 0.5) is 5.69 Å². The van der Waals surface area contributed by atoms with E-state index in [0.29, 0.717) is 16.7 Å². The zero-order valence-electron chi connectivity index (χ0n) is 22.6. The lowest BCUT2D eigenvalue weighted by Gasteiger charge is -2.45. The van der Waals surface area contributed by atoms with Gasteiger partial charge in [0.05, 0.1) is 22.5 Å². The number of aliphatic hydroxyl groups excluding tert-OH is 1. The van der Waals surface area contributed by atoms with Gasteiger partial charge in [0.2, 0.25) is 0 Å². The Morgan fingerprint density at radius 3 is 2.16 bits per heavy atom. The summed E-state index contributed by atoms with van der Waals surface area (Å²) in [5, 5.41) is 21.5. The third kappa shape index (κ3) is 5.51. The summed E-state index contributed by atoms with van der Waals surface area (Å²) in [5.41, 5.74) is 1.65. The Morgan fingerprint density at radius 2 is 1.58 bits per heavy atom. The number of rotatable bonds is 9. The minimum absolute atomic E-state index is 0.0422. The second-order valence-electron chi connectivity index (χ2n) is 12.1. The van der Waals surface area contributed by atoms with Crippen molar-refractivity contribution in [3.8, 4) is 6.07 Å². The molecule has 1 unspecified atom stereocenters.